The number of nitrogens with zero attached hydrogens (tertiary/aromatic N) is 2. The number of rotatable bonds is 4. The summed E-state index contributed by atoms with van der Waals surface area (Å²) < 4.78 is 13.0. The van der Waals surface area contributed by atoms with Gasteiger partial charge in [0.05, 0.1) is 0 Å². The quantitative estimate of drug-likeness (QED) is 0.916. The van der Waals surface area contributed by atoms with Crippen LogP contribution >= 0.6 is 0 Å². The lowest BCUT2D eigenvalue weighted by atomic mass is 10.0. The maximum atomic E-state index is 13.0. The first-order valence-corrected chi connectivity index (χ1v) is 6.95. The highest BCUT2D eigenvalue weighted by Gasteiger charge is 2.32. The Morgan fingerprint density at radius 2 is 2.05 bits per heavy atom. The molecule has 1 aliphatic rings. The number of hydrogen-bond donors (Lipinski definition) is 1. The number of halogens is 1. The van der Waals surface area contributed by atoms with Crippen molar-refractivity contribution in [3.05, 3.63) is 35.6 Å². The first kappa shape index (κ1) is 14.9. The Labute approximate surface area is 118 Å². The van der Waals surface area contributed by atoms with Crippen molar-refractivity contribution in [1.82, 2.24) is 9.80 Å². The lowest BCUT2D eigenvalue weighted by Crippen LogP contribution is -2.53. The highest BCUT2D eigenvalue weighted by Crippen LogP contribution is 2.25. The van der Waals surface area contributed by atoms with Crippen LogP contribution in [0.3, 0.4) is 0 Å². The molecule has 0 amide bonds. The zero-order chi connectivity index (χ0) is 14.7. The minimum atomic E-state index is -0.879. The average molecular weight is 280 g/mol. The SMILES string of the molecule is CCC1CN(C(C(=O)O)c2ccc(F)cc2)CCN1C. The molecule has 0 saturated carbocycles. The molecule has 2 unspecified atom stereocenters. The Balaban J connectivity index is 2.21. The monoisotopic (exact) mass is 280 g/mol. The number of carboxylic acids is 1. The summed E-state index contributed by atoms with van der Waals surface area (Å²) in [6.45, 7) is 4.39. The van der Waals surface area contributed by atoms with E-state index in [1.165, 1.54) is 12.1 Å². The summed E-state index contributed by atoms with van der Waals surface area (Å²) in [6.07, 6.45) is 0.989. The summed E-state index contributed by atoms with van der Waals surface area (Å²) in [7, 11) is 2.07. The Kier molecular flexibility index (Phi) is 4.73. The third kappa shape index (κ3) is 3.16. The molecule has 20 heavy (non-hydrogen) atoms. The molecule has 1 saturated heterocycles. The molecular weight excluding hydrogens is 259 g/mol. The molecule has 1 aromatic carbocycles. The minimum absolute atomic E-state index is 0.345. The first-order chi connectivity index (χ1) is 9.52. The molecule has 0 spiro atoms. The molecule has 1 aromatic rings. The topological polar surface area (TPSA) is 43.8 Å². The summed E-state index contributed by atoms with van der Waals surface area (Å²) in [5, 5.41) is 9.52. The van der Waals surface area contributed by atoms with Crippen molar-refractivity contribution >= 4 is 5.97 Å². The van der Waals surface area contributed by atoms with E-state index in [0.29, 0.717) is 18.2 Å². The summed E-state index contributed by atoms with van der Waals surface area (Å²) in [4.78, 5) is 15.9. The predicted octanol–water partition coefficient (Wildman–Crippen LogP) is 1.98. The fraction of sp³-hybridized carbons (Fsp3) is 0.533. The average Bonchev–Trinajstić information content (AvgIpc) is 2.42. The van der Waals surface area contributed by atoms with Crippen LogP contribution in [0.15, 0.2) is 24.3 Å². The van der Waals surface area contributed by atoms with Crippen LogP contribution in [0.5, 0.6) is 0 Å². The van der Waals surface area contributed by atoms with Crippen molar-refractivity contribution in [1.29, 1.82) is 0 Å². The van der Waals surface area contributed by atoms with Crippen LogP contribution in [0, 0.1) is 5.82 Å². The van der Waals surface area contributed by atoms with Gasteiger partial charge in [-0.25, -0.2) is 4.39 Å². The summed E-state index contributed by atoms with van der Waals surface area (Å²) in [5.41, 5.74) is 0.637. The summed E-state index contributed by atoms with van der Waals surface area (Å²) in [6, 6.07) is 5.43. The van der Waals surface area contributed by atoms with Gasteiger partial charge in [0, 0.05) is 25.7 Å². The van der Waals surface area contributed by atoms with Gasteiger partial charge in [-0.2, -0.15) is 0 Å². The van der Waals surface area contributed by atoms with Gasteiger partial charge in [-0.05, 0) is 31.2 Å². The minimum Gasteiger partial charge on any atom is -0.480 e. The number of piperazine rings is 1. The number of likely N-dealkylation sites (N-methyl/N-ethyl adjacent to an activating group) is 1. The molecule has 2 rings (SSSR count). The third-order valence-electron chi connectivity index (χ3n) is 4.06. The molecule has 0 bridgehead atoms. The maximum Gasteiger partial charge on any atom is 0.325 e. The highest BCUT2D eigenvalue weighted by atomic mass is 19.1. The van der Waals surface area contributed by atoms with Crippen LogP contribution in [0.2, 0.25) is 0 Å². The molecule has 1 aliphatic heterocycles. The van der Waals surface area contributed by atoms with Crippen LogP contribution in [-0.4, -0.2) is 53.6 Å². The van der Waals surface area contributed by atoms with Crippen molar-refractivity contribution in [2.75, 3.05) is 26.7 Å². The van der Waals surface area contributed by atoms with Crippen molar-refractivity contribution in [2.45, 2.75) is 25.4 Å². The van der Waals surface area contributed by atoms with E-state index in [9.17, 15) is 14.3 Å². The number of carbonyl (C=O) groups is 1. The molecule has 1 fully saturated rings. The number of aliphatic carboxylic acids is 1. The van der Waals surface area contributed by atoms with Gasteiger partial charge in [-0.3, -0.25) is 9.69 Å². The maximum absolute atomic E-state index is 13.0. The van der Waals surface area contributed by atoms with Crippen LogP contribution in [0.4, 0.5) is 4.39 Å². The molecule has 110 valence electrons. The van der Waals surface area contributed by atoms with E-state index >= 15 is 0 Å². The van der Waals surface area contributed by atoms with Crippen molar-refractivity contribution < 1.29 is 14.3 Å². The molecule has 0 aliphatic carbocycles. The van der Waals surface area contributed by atoms with Crippen molar-refractivity contribution in [3.63, 3.8) is 0 Å². The van der Waals surface area contributed by atoms with Gasteiger partial charge in [0.15, 0.2) is 0 Å². The van der Waals surface area contributed by atoms with E-state index in [4.69, 9.17) is 0 Å². The fourth-order valence-corrected chi connectivity index (χ4v) is 2.80. The molecule has 1 heterocycles. The lowest BCUT2D eigenvalue weighted by Gasteiger charge is -2.41. The van der Waals surface area contributed by atoms with Crippen LogP contribution in [-0.2, 0) is 4.79 Å². The van der Waals surface area contributed by atoms with E-state index < -0.39 is 12.0 Å². The zero-order valence-corrected chi connectivity index (χ0v) is 11.9. The second-order valence-electron chi connectivity index (χ2n) is 5.33. The third-order valence-corrected chi connectivity index (χ3v) is 4.06. The summed E-state index contributed by atoms with van der Waals surface area (Å²) in [5.74, 6) is -1.22. The van der Waals surface area contributed by atoms with Gasteiger partial charge >= 0.3 is 5.97 Å². The van der Waals surface area contributed by atoms with E-state index in [0.717, 1.165) is 19.5 Å². The van der Waals surface area contributed by atoms with Crippen LogP contribution in [0.25, 0.3) is 0 Å². The van der Waals surface area contributed by atoms with E-state index in [1.807, 2.05) is 4.90 Å². The van der Waals surface area contributed by atoms with Gasteiger partial charge in [-0.15, -0.1) is 0 Å². The van der Waals surface area contributed by atoms with Crippen LogP contribution < -0.4 is 0 Å². The molecule has 2 atom stereocenters. The zero-order valence-electron chi connectivity index (χ0n) is 11.9. The standard InChI is InChI=1S/C15H21FN2O2/c1-3-13-10-18(9-8-17(13)2)14(15(19)20)11-4-6-12(16)7-5-11/h4-7,13-14H,3,8-10H2,1-2H3,(H,19,20). The van der Waals surface area contributed by atoms with Gasteiger partial charge in [0.1, 0.15) is 11.9 Å². The fourth-order valence-electron chi connectivity index (χ4n) is 2.80. The molecule has 0 radical (unpaired) electrons. The lowest BCUT2D eigenvalue weighted by molar-refractivity contribution is -0.144. The Morgan fingerprint density at radius 3 is 2.60 bits per heavy atom. The van der Waals surface area contributed by atoms with E-state index in [2.05, 4.69) is 18.9 Å². The van der Waals surface area contributed by atoms with E-state index in [-0.39, 0.29) is 5.82 Å². The smallest absolute Gasteiger partial charge is 0.325 e. The highest BCUT2D eigenvalue weighted by molar-refractivity contribution is 5.75. The first-order valence-electron chi connectivity index (χ1n) is 6.95. The van der Waals surface area contributed by atoms with E-state index in [1.54, 1.807) is 12.1 Å². The second-order valence-corrected chi connectivity index (χ2v) is 5.33. The Bertz CT molecular complexity index is 463. The van der Waals surface area contributed by atoms with Gasteiger partial charge in [-0.1, -0.05) is 19.1 Å². The van der Waals surface area contributed by atoms with Crippen LogP contribution in [0.1, 0.15) is 24.9 Å². The Morgan fingerprint density at radius 1 is 1.40 bits per heavy atom. The van der Waals surface area contributed by atoms with Gasteiger partial charge in [0.25, 0.3) is 0 Å². The number of carboxylic acid groups (broad SMARTS) is 1. The molecule has 5 heteroatoms. The number of hydrogen-bond acceptors (Lipinski definition) is 3. The van der Waals surface area contributed by atoms with Crippen molar-refractivity contribution in [3.8, 4) is 0 Å². The van der Waals surface area contributed by atoms with Crippen molar-refractivity contribution in [2.24, 2.45) is 0 Å². The molecule has 1 N–H and O–H groups in total. The van der Waals surface area contributed by atoms with Gasteiger partial charge in [0.2, 0.25) is 0 Å². The molecular formula is C15H21FN2O2. The normalized spacial score (nSPS) is 22.6. The number of benzene rings is 1. The second kappa shape index (κ2) is 6.33. The predicted molar refractivity (Wildman–Crippen MR) is 75.1 cm³/mol. The summed E-state index contributed by atoms with van der Waals surface area (Å²) >= 11 is 0. The molecule has 0 aromatic heterocycles. The molecule has 4 nitrogen and oxygen atoms in total. The Hall–Kier alpha value is -1.46. The largest absolute Gasteiger partial charge is 0.480 e. The van der Waals surface area contributed by atoms with Gasteiger partial charge < -0.3 is 10.0 Å².